The van der Waals surface area contributed by atoms with Gasteiger partial charge in [0.15, 0.2) is 11.5 Å². The molecule has 1 rings (SSSR count). The zero-order valence-electron chi connectivity index (χ0n) is 9.34. The fraction of sp³-hybridized carbons (Fsp3) is 0.167. The van der Waals surface area contributed by atoms with Gasteiger partial charge in [-0.2, -0.15) is 0 Å². The Balaban J connectivity index is 2.97. The summed E-state index contributed by atoms with van der Waals surface area (Å²) in [6, 6.07) is 1.52. The lowest BCUT2D eigenvalue weighted by molar-refractivity contribution is -0.138. The van der Waals surface area contributed by atoms with Gasteiger partial charge >= 0.3 is 5.97 Å². The van der Waals surface area contributed by atoms with Gasteiger partial charge < -0.3 is 26.5 Å². The van der Waals surface area contributed by atoms with Crippen LogP contribution in [0.15, 0.2) is 12.1 Å². The lowest BCUT2D eigenvalue weighted by Crippen LogP contribution is -2.29. The first-order valence-electron chi connectivity index (χ1n) is 4.99. The van der Waals surface area contributed by atoms with Gasteiger partial charge in [0.25, 0.3) is 0 Å². The van der Waals surface area contributed by atoms with E-state index in [1.807, 2.05) is 0 Å². The third-order valence-electron chi connectivity index (χ3n) is 2.14. The normalized spacial score (nSPS) is 11.2. The molecule has 0 spiro atoms. The van der Waals surface area contributed by atoms with Crippen LogP contribution in [0.3, 0.4) is 0 Å². The van der Waals surface area contributed by atoms with E-state index in [0.29, 0.717) is 5.56 Å². The van der Waals surface area contributed by atoms with Crippen molar-refractivity contribution in [1.82, 2.24) is 0 Å². The van der Waals surface area contributed by atoms with E-state index < -0.39 is 17.8 Å². The predicted octanol–water partition coefficient (Wildman–Crippen LogP) is 0.249. The molecule has 0 fully saturated rings. The van der Waals surface area contributed by atoms with Crippen LogP contribution in [-0.2, 0) is 4.79 Å². The Morgan fingerprint density at radius 1 is 1.50 bits per heavy atom. The molecule has 0 bridgehead atoms. The highest BCUT2D eigenvalue weighted by Gasteiger charge is 2.09. The van der Waals surface area contributed by atoms with Gasteiger partial charge in [0.05, 0.1) is 5.56 Å². The van der Waals surface area contributed by atoms with Crippen molar-refractivity contribution in [3.63, 3.8) is 0 Å². The fourth-order valence-corrected chi connectivity index (χ4v) is 1.16. The van der Waals surface area contributed by atoms with E-state index in [1.54, 1.807) is 0 Å². The van der Waals surface area contributed by atoms with Gasteiger partial charge in [-0.25, -0.2) is 0 Å². The number of rotatable bonds is 3. The first kappa shape index (κ1) is 13.5. The topological polar surface area (TPSA) is 128 Å². The zero-order valence-corrected chi connectivity index (χ0v) is 9.34. The average Bonchev–Trinajstić information content (AvgIpc) is 2.33. The average molecular weight is 248 g/mol. The summed E-state index contributed by atoms with van der Waals surface area (Å²) in [5, 5.41) is 34.5. The van der Waals surface area contributed by atoms with Gasteiger partial charge in [0.2, 0.25) is 0 Å². The minimum absolute atomic E-state index is 0.0790. The van der Waals surface area contributed by atoms with Crippen molar-refractivity contribution in [3.8, 4) is 23.3 Å². The molecule has 1 aromatic rings. The second-order valence-corrected chi connectivity index (χ2v) is 3.53. The third-order valence-corrected chi connectivity index (χ3v) is 2.14. The minimum Gasteiger partial charge on any atom is -0.504 e. The Kier molecular flexibility index (Phi) is 4.29. The summed E-state index contributed by atoms with van der Waals surface area (Å²) >= 11 is 0. The second-order valence-electron chi connectivity index (χ2n) is 3.53. The molecule has 6 N–H and O–H groups in total. The molecule has 1 aromatic carbocycles. The highest BCUT2D eigenvalue weighted by atomic mass is 16.4. The maximum Gasteiger partial charge on any atom is 0.321 e. The first-order valence-corrected chi connectivity index (χ1v) is 4.99. The number of nitrogens with one attached hydrogen (secondary N) is 1. The second kappa shape index (κ2) is 5.70. The zero-order chi connectivity index (χ0) is 13.7. The number of hydrogen-bond donors (Lipinski definition) is 5. The van der Waals surface area contributed by atoms with E-state index in [-0.39, 0.29) is 17.7 Å². The van der Waals surface area contributed by atoms with Crippen molar-refractivity contribution < 1.29 is 20.1 Å². The summed E-state index contributed by atoms with van der Waals surface area (Å²) in [5.41, 5.74) is 5.74. The van der Waals surface area contributed by atoms with Crippen molar-refractivity contribution in [3.05, 3.63) is 23.3 Å². The molecule has 0 radical (unpaired) electrons. The van der Waals surface area contributed by atoms with Crippen molar-refractivity contribution >= 4 is 12.2 Å². The first-order chi connectivity index (χ1) is 8.45. The van der Waals surface area contributed by atoms with Crippen molar-refractivity contribution in [1.29, 1.82) is 5.41 Å². The van der Waals surface area contributed by atoms with Crippen molar-refractivity contribution in [2.24, 2.45) is 5.73 Å². The van der Waals surface area contributed by atoms with Crippen LogP contribution < -0.4 is 5.73 Å². The number of aromatic hydroxyl groups is 2. The molecule has 6 heteroatoms. The fourth-order valence-electron chi connectivity index (χ4n) is 1.16. The number of carbonyl (C=O) groups is 1. The highest BCUT2D eigenvalue weighted by Crippen LogP contribution is 2.29. The summed E-state index contributed by atoms with van der Waals surface area (Å²) in [6.45, 7) is 0. The van der Waals surface area contributed by atoms with E-state index >= 15 is 0 Å². The Labute approximate surface area is 103 Å². The molecule has 1 unspecified atom stereocenters. The van der Waals surface area contributed by atoms with Crippen LogP contribution in [0.1, 0.15) is 17.5 Å². The lowest BCUT2D eigenvalue weighted by atomic mass is 10.1. The molecule has 0 saturated carbocycles. The predicted molar refractivity (Wildman–Crippen MR) is 64.8 cm³/mol. The van der Waals surface area contributed by atoms with Crippen LogP contribution in [0.4, 0.5) is 0 Å². The van der Waals surface area contributed by atoms with Crippen LogP contribution >= 0.6 is 0 Å². The third kappa shape index (κ3) is 3.23. The van der Waals surface area contributed by atoms with Crippen molar-refractivity contribution in [2.45, 2.75) is 12.5 Å². The Morgan fingerprint density at radius 3 is 2.72 bits per heavy atom. The summed E-state index contributed by atoms with van der Waals surface area (Å²) in [7, 11) is 0. The number of benzene rings is 1. The maximum atomic E-state index is 10.5. The number of carboxylic acid groups (broad SMARTS) is 1. The van der Waals surface area contributed by atoms with Gasteiger partial charge in [-0.3, -0.25) is 4.79 Å². The number of nitrogens with two attached hydrogens (primary N) is 1. The Morgan fingerprint density at radius 2 is 2.17 bits per heavy atom. The van der Waals surface area contributed by atoms with E-state index in [9.17, 15) is 15.0 Å². The number of carboxylic acids is 1. The van der Waals surface area contributed by atoms with Gasteiger partial charge in [0, 0.05) is 12.6 Å². The molecule has 0 aliphatic heterocycles. The van der Waals surface area contributed by atoms with Gasteiger partial charge in [-0.15, -0.1) is 0 Å². The molecule has 0 aliphatic rings. The highest BCUT2D eigenvalue weighted by molar-refractivity contribution is 5.80. The quantitative estimate of drug-likeness (QED) is 0.297. The van der Waals surface area contributed by atoms with Gasteiger partial charge in [0.1, 0.15) is 6.04 Å². The van der Waals surface area contributed by atoms with Crippen LogP contribution in [0.5, 0.6) is 11.5 Å². The molecule has 94 valence electrons. The molecular weight excluding hydrogens is 236 g/mol. The van der Waals surface area contributed by atoms with Crippen molar-refractivity contribution in [2.75, 3.05) is 0 Å². The minimum atomic E-state index is -1.16. The monoisotopic (exact) mass is 248 g/mol. The maximum absolute atomic E-state index is 10.5. The van der Waals surface area contributed by atoms with E-state index in [1.165, 1.54) is 12.1 Å². The molecule has 18 heavy (non-hydrogen) atoms. The standard InChI is InChI=1S/C12H12N2O4/c13-6-7-4-8(11(16)10(15)5-7)2-1-3-9(14)12(17)18/h4-6,9,13,15-16H,3,14H2,(H,17,18). The molecule has 6 nitrogen and oxygen atoms in total. The van der Waals surface area contributed by atoms with Crippen LogP contribution in [0.2, 0.25) is 0 Å². The smallest absolute Gasteiger partial charge is 0.321 e. The van der Waals surface area contributed by atoms with Crippen LogP contribution in [0.25, 0.3) is 0 Å². The number of phenolic OH excluding ortho intramolecular Hbond substituents is 2. The number of aliphatic carboxylic acids is 1. The summed E-state index contributed by atoms with van der Waals surface area (Å²) in [6.07, 6.45) is 0.914. The molecule has 0 aromatic heterocycles. The molecule has 0 amide bonds. The largest absolute Gasteiger partial charge is 0.504 e. The van der Waals surface area contributed by atoms with Crippen LogP contribution in [0, 0.1) is 17.3 Å². The molecule has 0 heterocycles. The van der Waals surface area contributed by atoms with Gasteiger partial charge in [-0.05, 0) is 17.7 Å². The molecule has 0 aliphatic carbocycles. The summed E-state index contributed by atoms with van der Waals surface area (Å²) in [4.78, 5) is 10.5. The number of phenols is 2. The molecular formula is C12H12N2O4. The van der Waals surface area contributed by atoms with Gasteiger partial charge in [-0.1, -0.05) is 11.8 Å². The van der Waals surface area contributed by atoms with E-state index in [4.69, 9.17) is 16.2 Å². The van der Waals surface area contributed by atoms with Crippen LogP contribution in [-0.4, -0.2) is 33.5 Å². The number of hydrogen-bond acceptors (Lipinski definition) is 5. The van der Waals surface area contributed by atoms with E-state index in [0.717, 1.165) is 6.21 Å². The van der Waals surface area contributed by atoms with E-state index in [2.05, 4.69) is 11.8 Å². The Hall–Kier alpha value is -2.52. The lowest BCUT2D eigenvalue weighted by Gasteiger charge is -2.02. The Bertz CT molecular complexity index is 543. The molecule has 1 atom stereocenters. The summed E-state index contributed by atoms with van der Waals surface area (Å²) < 4.78 is 0. The SMILES string of the molecule is N=Cc1cc(O)c(O)c(C#CCC(N)C(=O)O)c1. The molecule has 0 saturated heterocycles. The summed E-state index contributed by atoms with van der Waals surface area (Å²) in [5.74, 6) is 3.05.